The molecule has 0 bridgehead atoms. The second-order valence-electron chi connectivity index (χ2n) is 9.81. The molecule has 2 aromatic heterocycles. The van der Waals surface area contributed by atoms with Crippen LogP contribution in [0.15, 0.2) is 65.5 Å². The van der Waals surface area contributed by atoms with Crippen LogP contribution in [0.25, 0.3) is 5.52 Å². The molecule has 42 heavy (non-hydrogen) atoms. The normalized spacial score (nSPS) is 17.2. The number of halogens is 4. The van der Waals surface area contributed by atoms with Crippen molar-refractivity contribution >= 4 is 33.4 Å². The average Bonchev–Trinajstić information content (AvgIpc) is 3.35. The first-order valence-corrected chi connectivity index (χ1v) is 14.0. The highest BCUT2D eigenvalue weighted by molar-refractivity contribution is 9.10. The minimum Gasteiger partial charge on any atom is -0.497 e. The van der Waals surface area contributed by atoms with Gasteiger partial charge in [0.2, 0.25) is 0 Å². The Labute approximate surface area is 248 Å². The van der Waals surface area contributed by atoms with Crippen molar-refractivity contribution in [3.63, 3.8) is 0 Å². The number of imidazole rings is 1. The predicted octanol–water partition coefficient (Wildman–Crippen LogP) is 6.57. The molecule has 2 unspecified atom stereocenters. The summed E-state index contributed by atoms with van der Waals surface area (Å²) in [5.74, 6) is 1.87. The third-order valence-electron chi connectivity index (χ3n) is 7.24. The number of aromatic nitrogens is 3. The molecular weight excluding hydrogens is 619 g/mol. The van der Waals surface area contributed by atoms with Gasteiger partial charge in [-0.3, -0.25) is 9.30 Å². The van der Waals surface area contributed by atoms with Crippen molar-refractivity contribution in [2.45, 2.75) is 44.1 Å². The Morgan fingerprint density at radius 1 is 1.12 bits per heavy atom. The van der Waals surface area contributed by atoms with E-state index >= 15 is 0 Å². The Hall–Kier alpha value is -4.00. The molecule has 4 aromatic rings. The SMILES string of the molecule is COc1ccc(CNc2nccn3c(C4CCC(C(F)(F)F)N(C(=O)OCc5ccccc5)C4)nc(Br)c23)c(OC)c1. The van der Waals surface area contributed by atoms with Crippen molar-refractivity contribution in [3.05, 3.63) is 82.5 Å². The summed E-state index contributed by atoms with van der Waals surface area (Å²) in [6, 6.07) is 12.4. The molecule has 0 aliphatic carbocycles. The number of piperidine rings is 1. The maximum Gasteiger partial charge on any atom is 0.410 e. The molecule has 2 aromatic carbocycles. The fourth-order valence-corrected chi connectivity index (χ4v) is 5.70. The fourth-order valence-electron chi connectivity index (χ4n) is 5.14. The number of hydrogen-bond acceptors (Lipinski definition) is 7. The van der Waals surface area contributed by atoms with Crippen molar-refractivity contribution in [2.24, 2.45) is 0 Å². The van der Waals surface area contributed by atoms with E-state index in [0.29, 0.717) is 45.4 Å². The quantitative estimate of drug-likeness (QED) is 0.231. The Kier molecular flexibility index (Phi) is 8.76. The minimum atomic E-state index is -4.59. The molecular formula is C29H29BrF3N5O4. The molecule has 1 aliphatic heterocycles. The number of anilines is 1. The summed E-state index contributed by atoms with van der Waals surface area (Å²) in [5, 5.41) is 3.30. The van der Waals surface area contributed by atoms with E-state index in [9.17, 15) is 18.0 Å². The monoisotopic (exact) mass is 647 g/mol. The molecule has 9 nitrogen and oxygen atoms in total. The first-order valence-electron chi connectivity index (χ1n) is 13.2. The molecule has 1 aliphatic rings. The lowest BCUT2D eigenvalue weighted by atomic mass is 9.92. The van der Waals surface area contributed by atoms with E-state index in [1.807, 2.05) is 12.1 Å². The van der Waals surface area contributed by atoms with Gasteiger partial charge >= 0.3 is 12.3 Å². The van der Waals surface area contributed by atoms with Gasteiger partial charge in [-0.25, -0.2) is 14.8 Å². The summed E-state index contributed by atoms with van der Waals surface area (Å²) in [5.41, 5.74) is 2.18. The van der Waals surface area contributed by atoms with E-state index in [4.69, 9.17) is 14.2 Å². The van der Waals surface area contributed by atoms with Crippen molar-refractivity contribution in [2.75, 3.05) is 26.1 Å². The molecule has 222 valence electrons. The summed E-state index contributed by atoms with van der Waals surface area (Å²) < 4.78 is 60.2. The maximum atomic E-state index is 14.0. The first-order chi connectivity index (χ1) is 20.2. The van der Waals surface area contributed by atoms with Gasteiger partial charge in [0, 0.05) is 43.0 Å². The number of amides is 1. The Morgan fingerprint density at radius 2 is 1.90 bits per heavy atom. The number of alkyl halides is 3. The lowest BCUT2D eigenvalue weighted by Crippen LogP contribution is -2.53. The summed E-state index contributed by atoms with van der Waals surface area (Å²) in [6.45, 7) is 0.0605. The van der Waals surface area contributed by atoms with Crippen LogP contribution >= 0.6 is 15.9 Å². The lowest BCUT2D eigenvalue weighted by Gasteiger charge is -2.39. The van der Waals surface area contributed by atoms with Gasteiger partial charge in [-0.2, -0.15) is 13.2 Å². The molecule has 13 heteroatoms. The Balaban J connectivity index is 1.38. The maximum absolute atomic E-state index is 14.0. The molecule has 0 radical (unpaired) electrons. The smallest absolute Gasteiger partial charge is 0.410 e. The Morgan fingerprint density at radius 3 is 2.62 bits per heavy atom. The van der Waals surface area contributed by atoms with E-state index in [-0.39, 0.29) is 26.0 Å². The minimum absolute atomic E-state index is 0.122. The van der Waals surface area contributed by atoms with Crippen LogP contribution in [-0.2, 0) is 17.9 Å². The number of nitrogens with one attached hydrogen (secondary N) is 1. The van der Waals surface area contributed by atoms with Crippen LogP contribution in [0.2, 0.25) is 0 Å². The summed E-state index contributed by atoms with van der Waals surface area (Å²) in [7, 11) is 3.15. The van der Waals surface area contributed by atoms with Gasteiger partial charge in [-0.15, -0.1) is 0 Å². The number of likely N-dealkylation sites (tertiary alicyclic amines) is 1. The van der Waals surface area contributed by atoms with E-state index in [1.54, 1.807) is 67.4 Å². The van der Waals surface area contributed by atoms with Crippen molar-refractivity contribution in [1.82, 2.24) is 19.3 Å². The number of ether oxygens (including phenoxy) is 3. The topological polar surface area (TPSA) is 90.2 Å². The van der Waals surface area contributed by atoms with Crippen LogP contribution in [0, 0.1) is 0 Å². The molecule has 5 rings (SSSR count). The van der Waals surface area contributed by atoms with Crippen molar-refractivity contribution in [1.29, 1.82) is 0 Å². The number of rotatable bonds is 8. The highest BCUT2D eigenvalue weighted by Gasteiger charge is 2.49. The van der Waals surface area contributed by atoms with Gasteiger partial charge in [0.15, 0.2) is 5.82 Å². The number of fused-ring (bicyclic) bond motifs is 1. The van der Waals surface area contributed by atoms with Crippen LogP contribution in [-0.4, -0.2) is 58.3 Å². The van der Waals surface area contributed by atoms with Gasteiger partial charge in [0.25, 0.3) is 0 Å². The summed E-state index contributed by atoms with van der Waals surface area (Å²) in [6.07, 6.45) is -2.39. The fraction of sp³-hybridized carbons (Fsp3) is 0.345. The van der Waals surface area contributed by atoms with Crippen LogP contribution in [0.5, 0.6) is 11.5 Å². The highest BCUT2D eigenvalue weighted by atomic mass is 79.9. The van der Waals surface area contributed by atoms with Crippen molar-refractivity contribution < 1.29 is 32.2 Å². The van der Waals surface area contributed by atoms with Gasteiger partial charge < -0.3 is 19.5 Å². The largest absolute Gasteiger partial charge is 0.497 e. The first kappa shape index (κ1) is 29.5. The van der Waals surface area contributed by atoms with Crippen LogP contribution < -0.4 is 14.8 Å². The zero-order valence-corrected chi connectivity index (χ0v) is 24.5. The number of carbonyl (C=O) groups excluding carboxylic acids is 1. The second kappa shape index (κ2) is 12.5. The second-order valence-corrected chi connectivity index (χ2v) is 10.6. The molecule has 0 spiro atoms. The van der Waals surface area contributed by atoms with E-state index < -0.39 is 24.2 Å². The summed E-state index contributed by atoms with van der Waals surface area (Å²) in [4.78, 5) is 22.9. The van der Waals surface area contributed by atoms with E-state index in [2.05, 4.69) is 31.2 Å². The molecule has 1 fully saturated rings. The van der Waals surface area contributed by atoms with Gasteiger partial charge in [0.1, 0.15) is 40.1 Å². The number of carbonyl (C=O) groups is 1. The lowest BCUT2D eigenvalue weighted by molar-refractivity contribution is -0.187. The van der Waals surface area contributed by atoms with Crippen LogP contribution in [0.4, 0.5) is 23.8 Å². The third kappa shape index (κ3) is 6.25. The average molecular weight is 648 g/mol. The molecule has 1 amide bonds. The molecule has 0 saturated carbocycles. The number of hydrogen-bond donors (Lipinski definition) is 1. The van der Waals surface area contributed by atoms with E-state index in [1.165, 1.54) is 0 Å². The van der Waals surface area contributed by atoms with E-state index in [0.717, 1.165) is 10.5 Å². The zero-order valence-electron chi connectivity index (χ0n) is 22.9. The number of benzene rings is 2. The third-order valence-corrected chi connectivity index (χ3v) is 7.80. The predicted molar refractivity (Wildman–Crippen MR) is 153 cm³/mol. The highest BCUT2D eigenvalue weighted by Crippen LogP contribution is 2.39. The van der Waals surface area contributed by atoms with Crippen LogP contribution in [0.3, 0.4) is 0 Å². The van der Waals surface area contributed by atoms with Gasteiger partial charge in [-0.1, -0.05) is 30.3 Å². The standard InChI is InChI=1S/C29H29BrF3N5O4/c1-40-21-10-8-19(22(14-21)41-2)15-35-26-24-25(30)36-27(37(24)13-12-34-26)20-9-11-23(29(31,32)33)38(16-20)28(39)42-17-18-6-4-3-5-7-18/h3-8,10,12-14,20,23H,9,11,15-17H2,1-2H3,(H,34,35). The zero-order chi connectivity index (χ0) is 29.9. The Bertz CT molecular complexity index is 1550. The molecule has 1 N–H and O–H groups in total. The molecule has 3 heterocycles. The van der Waals surface area contributed by atoms with Gasteiger partial charge in [0.05, 0.1) is 14.2 Å². The van der Waals surface area contributed by atoms with Crippen molar-refractivity contribution in [3.8, 4) is 11.5 Å². The van der Waals surface area contributed by atoms with Gasteiger partial charge in [-0.05, 0) is 46.5 Å². The molecule has 1 saturated heterocycles. The van der Waals surface area contributed by atoms with Crippen LogP contribution in [0.1, 0.15) is 35.7 Å². The number of methoxy groups -OCH3 is 2. The summed E-state index contributed by atoms with van der Waals surface area (Å²) >= 11 is 3.51. The molecule has 2 atom stereocenters. The number of nitrogens with zero attached hydrogens (tertiary/aromatic N) is 4.